The van der Waals surface area contributed by atoms with E-state index >= 15 is 0 Å². The number of hydrogen-bond donors (Lipinski definition) is 1. The van der Waals surface area contributed by atoms with Crippen LogP contribution in [0.4, 0.5) is 4.39 Å². The van der Waals surface area contributed by atoms with Crippen LogP contribution in [0.1, 0.15) is 30.0 Å². The van der Waals surface area contributed by atoms with Gasteiger partial charge in [-0.3, -0.25) is 4.90 Å². The number of likely N-dealkylation sites (tertiary alicyclic amines) is 1. The highest BCUT2D eigenvalue weighted by Gasteiger charge is 2.27. The highest BCUT2D eigenvalue weighted by Crippen LogP contribution is 2.32. The number of hydrogen-bond acceptors (Lipinski definition) is 3. The highest BCUT2D eigenvalue weighted by atomic mass is 19.1. The van der Waals surface area contributed by atoms with Crippen LogP contribution in [0.15, 0.2) is 84.9 Å². The van der Waals surface area contributed by atoms with Crippen LogP contribution >= 0.6 is 0 Å². The Labute approximate surface area is 177 Å². The molecule has 4 heteroatoms. The lowest BCUT2D eigenvalue weighted by Gasteiger charge is -2.37. The Morgan fingerprint density at radius 2 is 1.60 bits per heavy atom. The van der Waals surface area contributed by atoms with Crippen LogP contribution in [-0.4, -0.2) is 29.2 Å². The third-order valence-corrected chi connectivity index (χ3v) is 5.45. The summed E-state index contributed by atoms with van der Waals surface area (Å²) in [6.07, 6.45) is 5.56. The number of rotatable bonds is 6. The zero-order valence-electron chi connectivity index (χ0n) is 16.8. The second kappa shape index (κ2) is 9.70. The zero-order chi connectivity index (χ0) is 20.8. The number of nitrogens with zero attached hydrogens (tertiary/aromatic N) is 1. The van der Waals surface area contributed by atoms with Crippen molar-refractivity contribution in [3.63, 3.8) is 0 Å². The van der Waals surface area contributed by atoms with Gasteiger partial charge in [-0.25, -0.2) is 4.39 Å². The molecule has 1 aliphatic heterocycles. The number of piperidine rings is 1. The molecule has 2 atom stereocenters. The van der Waals surface area contributed by atoms with Gasteiger partial charge in [0.15, 0.2) is 0 Å². The molecular formula is C26H26FNO2. The topological polar surface area (TPSA) is 32.7 Å². The summed E-state index contributed by atoms with van der Waals surface area (Å²) in [5, 5.41) is 10.2. The molecule has 3 aromatic carbocycles. The molecule has 0 saturated carbocycles. The second-order valence-corrected chi connectivity index (χ2v) is 7.63. The minimum Gasteiger partial charge on any atom is -0.457 e. The van der Waals surface area contributed by atoms with Crippen molar-refractivity contribution in [3.8, 4) is 11.5 Å². The maximum Gasteiger partial charge on any atom is 0.127 e. The summed E-state index contributed by atoms with van der Waals surface area (Å²) in [7, 11) is 0. The monoisotopic (exact) mass is 403 g/mol. The van der Waals surface area contributed by atoms with E-state index < -0.39 is 0 Å². The highest BCUT2D eigenvalue weighted by molar-refractivity contribution is 5.48. The van der Waals surface area contributed by atoms with Crippen molar-refractivity contribution in [1.29, 1.82) is 0 Å². The fourth-order valence-corrected chi connectivity index (χ4v) is 3.85. The number of halogens is 1. The van der Waals surface area contributed by atoms with Gasteiger partial charge in [0.25, 0.3) is 0 Å². The summed E-state index contributed by atoms with van der Waals surface area (Å²) in [6.45, 7) is 1.69. The van der Waals surface area contributed by atoms with Gasteiger partial charge in [-0.2, -0.15) is 0 Å². The van der Waals surface area contributed by atoms with E-state index in [-0.39, 0.29) is 18.0 Å². The molecule has 1 heterocycles. The zero-order valence-corrected chi connectivity index (χ0v) is 16.8. The fourth-order valence-electron chi connectivity index (χ4n) is 3.85. The van der Waals surface area contributed by atoms with Gasteiger partial charge in [0, 0.05) is 19.1 Å². The standard InChI is InChI=1S/C26H26FNO2/c27-22-10-14-25(15-11-22)30-24-12-8-21(9-13-24)26-19-23(29)16-18-28(26)17-4-7-20-5-2-1-3-6-20/h1-15,23,26,29H,16-19H2/b7-4+. The molecule has 0 aliphatic carbocycles. The first-order valence-electron chi connectivity index (χ1n) is 10.3. The van der Waals surface area contributed by atoms with Crippen LogP contribution in [0, 0.1) is 5.82 Å². The molecule has 3 aromatic rings. The predicted molar refractivity (Wildman–Crippen MR) is 118 cm³/mol. The largest absolute Gasteiger partial charge is 0.457 e. The van der Waals surface area contributed by atoms with Crippen molar-refractivity contribution >= 4 is 6.08 Å². The molecule has 154 valence electrons. The van der Waals surface area contributed by atoms with E-state index in [4.69, 9.17) is 4.74 Å². The summed E-state index contributed by atoms with van der Waals surface area (Å²) in [4.78, 5) is 2.40. The van der Waals surface area contributed by atoms with Gasteiger partial charge in [0.1, 0.15) is 17.3 Å². The average Bonchev–Trinajstić information content (AvgIpc) is 2.78. The molecule has 0 radical (unpaired) electrons. The van der Waals surface area contributed by atoms with Crippen LogP contribution in [-0.2, 0) is 0 Å². The Bertz CT molecular complexity index is 955. The van der Waals surface area contributed by atoms with E-state index in [0.717, 1.165) is 31.5 Å². The van der Waals surface area contributed by atoms with Crippen molar-refractivity contribution in [1.82, 2.24) is 4.90 Å². The molecule has 1 fully saturated rings. The van der Waals surface area contributed by atoms with E-state index in [2.05, 4.69) is 41.3 Å². The normalized spacial score (nSPS) is 19.8. The third kappa shape index (κ3) is 5.35. The SMILES string of the molecule is OC1CCN(C/C=C/c2ccccc2)C(c2ccc(Oc3ccc(F)cc3)cc2)C1. The summed E-state index contributed by atoms with van der Waals surface area (Å²) in [5.74, 6) is 1.03. The molecule has 0 aromatic heterocycles. The van der Waals surface area contributed by atoms with Crippen LogP contribution in [0.5, 0.6) is 11.5 Å². The van der Waals surface area contributed by atoms with Crippen molar-refractivity contribution < 1.29 is 14.2 Å². The molecule has 30 heavy (non-hydrogen) atoms. The second-order valence-electron chi connectivity index (χ2n) is 7.63. The van der Waals surface area contributed by atoms with Gasteiger partial charge in [0.05, 0.1) is 6.10 Å². The number of aliphatic hydroxyl groups is 1. The van der Waals surface area contributed by atoms with Gasteiger partial charge in [-0.15, -0.1) is 0 Å². The van der Waals surface area contributed by atoms with Crippen LogP contribution in [0.25, 0.3) is 6.08 Å². The Kier molecular flexibility index (Phi) is 6.57. The van der Waals surface area contributed by atoms with E-state index in [1.165, 1.54) is 17.7 Å². The van der Waals surface area contributed by atoms with Gasteiger partial charge in [-0.1, -0.05) is 54.6 Å². The van der Waals surface area contributed by atoms with E-state index in [1.807, 2.05) is 30.3 Å². The summed E-state index contributed by atoms with van der Waals surface area (Å²) in [5.41, 5.74) is 2.35. The summed E-state index contributed by atoms with van der Waals surface area (Å²) >= 11 is 0. The van der Waals surface area contributed by atoms with Gasteiger partial charge < -0.3 is 9.84 Å². The van der Waals surface area contributed by atoms with Crippen molar-refractivity contribution in [2.75, 3.05) is 13.1 Å². The third-order valence-electron chi connectivity index (χ3n) is 5.45. The minimum absolute atomic E-state index is 0.161. The minimum atomic E-state index is -0.282. The molecule has 0 bridgehead atoms. The lowest BCUT2D eigenvalue weighted by Crippen LogP contribution is -2.38. The summed E-state index contributed by atoms with van der Waals surface area (Å²) < 4.78 is 18.8. The summed E-state index contributed by atoms with van der Waals surface area (Å²) in [6, 6.07) is 24.4. The molecule has 1 aliphatic rings. The molecule has 2 unspecified atom stereocenters. The van der Waals surface area contributed by atoms with E-state index in [0.29, 0.717) is 11.5 Å². The van der Waals surface area contributed by atoms with Crippen LogP contribution < -0.4 is 4.74 Å². The Balaban J connectivity index is 1.43. The first-order chi connectivity index (χ1) is 14.7. The van der Waals surface area contributed by atoms with Crippen molar-refractivity contribution in [2.45, 2.75) is 25.0 Å². The average molecular weight is 403 g/mol. The quantitative estimate of drug-likeness (QED) is 0.562. The lowest BCUT2D eigenvalue weighted by molar-refractivity contribution is 0.0473. The lowest BCUT2D eigenvalue weighted by atomic mass is 9.93. The number of aliphatic hydroxyl groups excluding tert-OH is 1. The smallest absolute Gasteiger partial charge is 0.127 e. The van der Waals surface area contributed by atoms with Gasteiger partial charge >= 0.3 is 0 Å². The molecule has 1 N–H and O–H groups in total. The Hall–Kier alpha value is -2.95. The first-order valence-corrected chi connectivity index (χ1v) is 10.3. The molecule has 1 saturated heterocycles. The predicted octanol–water partition coefficient (Wildman–Crippen LogP) is 5.83. The Morgan fingerprint density at radius 1 is 0.933 bits per heavy atom. The molecule has 4 rings (SSSR count). The van der Waals surface area contributed by atoms with Crippen molar-refractivity contribution in [3.05, 3.63) is 102 Å². The van der Waals surface area contributed by atoms with Crippen molar-refractivity contribution in [2.24, 2.45) is 0 Å². The van der Waals surface area contributed by atoms with Gasteiger partial charge in [0.2, 0.25) is 0 Å². The number of ether oxygens (including phenoxy) is 1. The van der Waals surface area contributed by atoms with Crippen LogP contribution in [0.3, 0.4) is 0 Å². The van der Waals surface area contributed by atoms with Gasteiger partial charge in [-0.05, 0) is 60.4 Å². The molecule has 3 nitrogen and oxygen atoms in total. The van der Waals surface area contributed by atoms with E-state index in [9.17, 15) is 9.50 Å². The maximum atomic E-state index is 13.1. The van der Waals surface area contributed by atoms with E-state index in [1.54, 1.807) is 12.1 Å². The first kappa shape index (κ1) is 20.3. The molecule has 0 spiro atoms. The molecular weight excluding hydrogens is 377 g/mol. The Morgan fingerprint density at radius 3 is 2.30 bits per heavy atom. The maximum absolute atomic E-state index is 13.1. The molecule has 0 amide bonds. The fraction of sp³-hybridized carbons (Fsp3) is 0.231. The number of benzene rings is 3. The van der Waals surface area contributed by atoms with Crippen LogP contribution in [0.2, 0.25) is 0 Å².